The number of carbonyl (C=O) groups is 2. The molecule has 0 amide bonds. The number of aliphatic hydroxyl groups excluding tert-OH is 5. The quantitative estimate of drug-likeness (QED) is 0.0173. The van der Waals surface area contributed by atoms with Gasteiger partial charge in [0.1, 0.15) is 43.2 Å². The normalized spacial score (nSPS) is 23.5. The molecule has 14 heteroatoms. The Hall–Kier alpha value is -1.67. The summed E-state index contributed by atoms with van der Waals surface area (Å²) in [6, 6.07) is 0. The number of allylic oxidation sites excluding steroid dienone is 4. The highest BCUT2D eigenvalue weighted by molar-refractivity contribution is 7.47. The molecule has 0 aromatic carbocycles. The van der Waals surface area contributed by atoms with Crippen molar-refractivity contribution in [1.82, 2.24) is 0 Å². The van der Waals surface area contributed by atoms with Crippen LogP contribution in [0.3, 0.4) is 0 Å². The van der Waals surface area contributed by atoms with Gasteiger partial charge in [-0.25, -0.2) is 4.57 Å². The predicted octanol–water partition coefficient (Wildman–Crippen LogP) is 6.89. The number of esters is 2. The highest BCUT2D eigenvalue weighted by Crippen LogP contribution is 2.47. The third-order valence-corrected chi connectivity index (χ3v) is 10.5. The number of aliphatic hydroxyl groups is 5. The minimum absolute atomic E-state index is 0.0854. The summed E-state index contributed by atoms with van der Waals surface area (Å²) in [6.45, 7) is 3.21. The zero-order valence-electron chi connectivity index (χ0n) is 33.0. The number of hydrogen-bond donors (Lipinski definition) is 6. The van der Waals surface area contributed by atoms with Crippen LogP contribution in [0.25, 0.3) is 0 Å². The molecule has 0 bridgehead atoms. The minimum atomic E-state index is -5.11. The summed E-state index contributed by atoms with van der Waals surface area (Å²) in [5.74, 6) is -1.12. The standard InChI is InChI=1S/C40H73O13P/c1-3-5-7-9-11-13-15-16-17-19-20-22-24-26-28-33(41)50-30-32(52-34(42)29-27-25-23-21-18-14-12-10-8-6-4-2)31-51-54(48,49)53-40-38(46)36(44)35(43)37(45)39(40)47/h10,12,15-16,32,35-40,43-47H,3-9,11,13-14,17-31H2,1-2H3,(H,48,49)/b12-10+,16-15+/t32-,35?,36-,37?,38?,39?,40?/m1/s1. The fourth-order valence-corrected chi connectivity index (χ4v) is 7.06. The zero-order valence-corrected chi connectivity index (χ0v) is 33.9. The molecule has 6 unspecified atom stereocenters. The van der Waals surface area contributed by atoms with Crippen LogP contribution in [0, 0.1) is 0 Å². The first kappa shape index (κ1) is 50.3. The van der Waals surface area contributed by atoms with Gasteiger partial charge in [-0.3, -0.25) is 18.6 Å². The van der Waals surface area contributed by atoms with Gasteiger partial charge in [0.15, 0.2) is 6.10 Å². The van der Waals surface area contributed by atoms with Gasteiger partial charge in [0.05, 0.1) is 6.61 Å². The van der Waals surface area contributed by atoms with Crippen molar-refractivity contribution >= 4 is 19.8 Å². The Bertz CT molecular complexity index is 1050. The summed E-state index contributed by atoms with van der Waals surface area (Å²) in [6.07, 6.45) is 18.2. The number of unbranched alkanes of at least 4 members (excludes halogenated alkanes) is 17. The van der Waals surface area contributed by atoms with Gasteiger partial charge < -0.3 is 39.9 Å². The van der Waals surface area contributed by atoms with Crippen LogP contribution in [0.1, 0.15) is 162 Å². The second kappa shape index (κ2) is 31.4. The number of ether oxygens (including phenoxy) is 2. The molecule has 1 fully saturated rings. The third-order valence-electron chi connectivity index (χ3n) is 9.52. The summed E-state index contributed by atoms with van der Waals surface area (Å²) in [7, 11) is -5.11. The van der Waals surface area contributed by atoms with Crippen LogP contribution in [0.15, 0.2) is 24.3 Å². The average molecular weight is 793 g/mol. The summed E-state index contributed by atoms with van der Waals surface area (Å²) in [5.41, 5.74) is 0. The second-order valence-electron chi connectivity index (χ2n) is 14.5. The second-order valence-corrected chi connectivity index (χ2v) is 15.9. The Morgan fingerprint density at radius 1 is 0.556 bits per heavy atom. The van der Waals surface area contributed by atoms with E-state index >= 15 is 0 Å². The van der Waals surface area contributed by atoms with Crippen LogP contribution in [0.2, 0.25) is 0 Å². The lowest BCUT2D eigenvalue weighted by molar-refractivity contribution is -0.220. The third kappa shape index (κ3) is 24.1. The van der Waals surface area contributed by atoms with Crippen LogP contribution in [-0.2, 0) is 32.7 Å². The van der Waals surface area contributed by atoms with Crippen LogP contribution in [0.4, 0.5) is 0 Å². The molecule has 0 spiro atoms. The van der Waals surface area contributed by atoms with Crippen molar-refractivity contribution in [3.05, 3.63) is 24.3 Å². The Labute approximate surface area is 324 Å². The molecule has 13 nitrogen and oxygen atoms in total. The van der Waals surface area contributed by atoms with Gasteiger partial charge >= 0.3 is 19.8 Å². The number of phosphoric acid groups is 1. The molecule has 1 aliphatic rings. The highest BCUT2D eigenvalue weighted by Gasteiger charge is 2.51. The smallest absolute Gasteiger partial charge is 0.462 e. The van der Waals surface area contributed by atoms with E-state index in [-0.39, 0.29) is 12.8 Å². The van der Waals surface area contributed by atoms with Gasteiger partial charge in [-0.1, -0.05) is 115 Å². The van der Waals surface area contributed by atoms with Gasteiger partial charge in [0.25, 0.3) is 0 Å². The van der Waals surface area contributed by atoms with E-state index in [0.29, 0.717) is 12.8 Å². The van der Waals surface area contributed by atoms with E-state index in [1.54, 1.807) is 0 Å². The molecule has 0 aromatic rings. The van der Waals surface area contributed by atoms with Crippen LogP contribution >= 0.6 is 7.82 Å². The Morgan fingerprint density at radius 3 is 1.46 bits per heavy atom. The van der Waals surface area contributed by atoms with E-state index in [0.717, 1.165) is 77.0 Å². The monoisotopic (exact) mass is 792 g/mol. The lowest BCUT2D eigenvalue weighted by atomic mass is 9.85. The lowest BCUT2D eigenvalue weighted by Crippen LogP contribution is -2.64. The molecule has 0 saturated heterocycles. The molecule has 0 aromatic heterocycles. The fraction of sp³-hybridized carbons (Fsp3) is 0.850. The lowest BCUT2D eigenvalue weighted by Gasteiger charge is -2.41. The molecule has 1 rings (SSSR count). The topological polar surface area (TPSA) is 210 Å². The van der Waals surface area contributed by atoms with Gasteiger partial charge in [-0.15, -0.1) is 0 Å². The van der Waals surface area contributed by atoms with Crippen molar-refractivity contribution in [2.75, 3.05) is 13.2 Å². The van der Waals surface area contributed by atoms with Crippen LogP contribution < -0.4 is 0 Å². The molecule has 316 valence electrons. The highest BCUT2D eigenvalue weighted by atomic mass is 31.2. The number of phosphoric ester groups is 1. The summed E-state index contributed by atoms with van der Waals surface area (Å²) < 4.78 is 33.3. The molecule has 0 aliphatic heterocycles. The molecule has 54 heavy (non-hydrogen) atoms. The Morgan fingerprint density at radius 2 is 0.963 bits per heavy atom. The van der Waals surface area contributed by atoms with Crippen molar-refractivity contribution < 1.29 is 63.1 Å². The molecule has 1 saturated carbocycles. The molecule has 1 aliphatic carbocycles. The summed E-state index contributed by atoms with van der Waals surface area (Å²) >= 11 is 0. The largest absolute Gasteiger partial charge is 0.472 e. The first-order valence-electron chi connectivity index (χ1n) is 20.6. The summed E-state index contributed by atoms with van der Waals surface area (Å²) in [4.78, 5) is 35.5. The predicted molar refractivity (Wildman–Crippen MR) is 207 cm³/mol. The average Bonchev–Trinajstić information content (AvgIpc) is 3.15. The molecule has 0 heterocycles. The first-order chi connectivity index (χ1) is 25.9. The zero-order chi connectivity index (χ0) is 40.0. The van der Waals surface area contributed by atoms with Gasteiger partial charge in [-0.05, 0) is 57.8 Å². The summed E-state index contributed by atoms with van der Waals surface area (Å²) in [5, 5.41) is 50.0. The van der Waals surface area contributed by atoms with E-state index in [4.69, 9.17) is 18.5 Å². The molecule has 0 radical (unpaired) electrons. The SMILES string of the molecule is CCCC/C=C/CCCCCCCC(=O)O[C@H](COC(=O)CCCCCCC/C=C/CCCCCCC)COP(=O)(O)OC1C(O)C(O)C(O)[C@@H](O)C1O. The molecule has 6 N–H and O–H groups in total. The van der Waals surface area contributed by atoms with Gasteiger partial charge in [-0.2, -0.15) is 0 Å². The molecule has 8 atom stereocenters. The Kier molecular flexibility index (Phi) is 29.3. The van der Waals surface area contributed by atoms with Crippen molar-refractivity contribution in [2.45, 2.75) is 204 Å². The van der Waals surface area contributed by atoms with Crippen LogP contribution in [0.5, 0.6) is 0 Å². The van der Waals surface area contributed by atoms with E-state index in [1.165, 1.54) is 44.9 Å². The van der Waals surface area contributed by atoms with Crippen molar-refractivity contribution in [1.29, 1.82) is 0 Å². The fourth-order valence-electron chi connectivity index (χ4n) is 6.08. The first-order valence-corrected chi connectivity index (χ1v) is 22.1. The maximum atomic E-state index is 12.7. The van der Waals surface area contributed by atoms with E-state index in [9.17, 15) is 44.6 Å². The van der Waals surface area contributed by atoms with Gasteiger partial charge in [0, 0.05) is 12.8 Å². The van der Waals surface area contributed by atoms with Crippen molar-refractivity contribution in [3.63, 3.8) is 0 Å². The van der Waals surface area contributed by atoms with E-state index in [1.807, 2.05) is 0 Å². The number of carbonyl (C=O) groups excluding carboxylic acids is 2. The van der Waals surface area contributed by atoms with Crippen molar-refractivity contribution in [2.24, 2.45) is 0 Å². The molecular weight excluding hydrogens is 719 g/mol. The minimum Gasteiger partial charge on any atom is -0.462 e. The number of rotatable bonds is 33. The van der Waals surface area contributed by atoms with E-state index < -0.39 is 75.7 Å². The van der Waals surface area contributed by atoms with Crippen LogP contribution in [-0.4, -0.2) is 98.3 Å². The van der Waals surface area contributed by atoms with Crippen molar-refractivity contribution in [3.8, 4) is 0 Å². The number of hydrogen-bond acceptors (Lipinski definition) is 12. The maximum Gasteiger partial charge on any atom is 0.472 e. The Balaban J connectivity index is 2.52. The van der Waals surface area contributed by atoms with E-state index in [2.05, 4.69) is 38.2 Å². The van der Waals surface area contributed by atoms with Gasteiger partial charge in [0.2, 0.25) is 0 Å². The maximum absolute atomic E-state index is 12.7. The molecular formula is C40H73O13P.